The summed E-state index contributed by atoms with van der Waals surface area (Å²) in [5.74, 6) is 0.947. The molecule has 0 spiro atoms. The number of para-hydroxylation sites is 1. The molecule has 4 heterocycles. The summed E-state index contributed by atoms with van der Waals surface area (Å²) in [5, 5.41) is 3.37. The maximum absolute atomic E-state index is 14.4. The third-order valence-electron chi connectivity index (χ3n) is 8.70. The molecule has 6 rings (SSSR count). The number of aromatic nitrogens is 2. The van der Waals surface area contributed by atoms with E-state index in [0.29, 0.717) is 23.6 Å². The van der Waals surface area contributed by atoms with Gasteiger partial charge in [-0.2, -0.15) is 0 Å². The summed E-state index contributed by atoms with van der Waals surface area (Å²) >= 11 is 0. The van der Waals surface area contributed by atoms with E-state index in [1.54, 1.807) is 6.07 Å². The van der Waals surface area contributed by atoms with Crippen LogP contribution in [0.3, 0.4) is 0 Å². The van der Waals surface area contributed by atoms with Crippen molar-refractivity contribution in [2.45, 2.75) is 63.2 Å². The number of imidazole rings is 1. The van der Waals surface area contributed by atoms with Crippen molar-refractivity contribution in [2.24, 2.45) is 5.92 Å². The third kappa shape index (κ3) is 4.33. The second kappa shape index (κ2) is 9.60. The van der Waals surface area contributed by atoms with E-state index in [0.717, 1.165) is 50.2 Å². The van der Waals surface area contributed by atoms with Crippen LogP contribution in [-0.4, -0.2) is 64.0 Å². The summed E-state index contributed by atoms with van der Waals surface area (Å²) in [5.41, 5.74) is 2.59. The second-order valence-corrected chi connectivity index (χ2v) is 11.1. The highest BCUT2D eigenvalue weighted by Crippen LogP contribution is 2.43. The van der Waals surface area contributed by atoms with Crippen LogP contribution in [0.15, 0.2) is 48.5 Å². The van der Waals surface area contributed by atoms with E-state index in [1.165, 1.54) is 24.5 Å². The van der Waals surface area contributed by atoms with Crippen LogP contribution >= 0.6 is 0 Å². The van der Waals surface area contributed by atoms with Crippen LogP contribution in [0.5, 0.6) is 0 Å². The number of halogens is 1. The van der Waals surface area contributed by atoms with Gasteiger partial charge in [-0.3, -0.25) is 9.69 Å². The molecule has 3 saturated heterocycles. The molecule has 7 heteroatoms. The van der Waals surface area contributed by atoms with E-state index in [9.17, 15) is 9.18 Å². The van der Waals surface area contributed by atoms with Crippen molar-refractivity contribution in [2.75, 3.05) is 26.7 Å². The van der Waals surface area contributed by atoms with E-state index in [-0.39, 0.29) is 23.7 Å². The van der Waals surface area contributed by atoms with Gasteiger partial charge in [-0.15, -0.1) is 0 Å². The van der Waals surface area contributed by atoms with Crippen molar-refractivity contribution in [1.82, 2.24) is 24.7 Å². The van der Waals surface area contributed by atoms with Gasteiger partial charge in [0.2, 0.25) is 5.91 Å². The molecule has 3 aromatic rings. The van der Waals surface area contributed by atoms with Crippen LogP contribution < -0.4 is 5.32 Å². The van der Waals surface area contributed by atoms with Gasteiger partial charge in [0, 0.05) is 37.8 Å². The molecule has 3 atom stereocenters. The first-order chi connectivity index (χ1) is 17.5. The first-order valence-corrected chi connectivity index (χ1v) is 13.4. The lowest BCUT2D eigenvalue weighted by Gasteiger charge is -2.41. The van der Waals surface area contributed by atoms with Crippen molar-refractivity contribution in [3.63, 3.8) is 0 Å². The zero-order valence-corrected chi connectivity index (χ0v) is 21.2. The molecule has 6 nitrogen and oxygen atoms in total. The minimum absolute atomic E-state index is 0.0320. The number of amides is 1. The first-order valence-electron chi connectivity index (χ1n) is 13.4. The summed E-state index contributed by atoms with van der Waals surface area (Å²) in [6.45, 7) is 4.67. The number of nitrogens with one attached hydrogen (secondary N) is 1. The first kappa shape index (κ1) is 23.6. The summed E-state index contributed by atoms with van der Waals surface area (Å²) < 4.78 is 16.6. The average molecular weight is 490 g/mol. The van der Waals surface area contributed by atoms with Crippen LogP contribution in [0, 0.1) is 18.7 Å². The van der Waals surface area contributed by atoms with Gasteiger partial charge >= 0.3 is 0 Å². The lowest BCUT2D eigenvalue weighted by molar-refractivity contribution is -0.130. The fourth-order valence-corrected chi connectivity index (χ4v) is 6.92. The number of carbonyl (C=O) groups is 1. The topological polar surface area (TPSA) is 53.4 Å². The lowest BCUT2D eigenvalue weighted by Crippen LogP contribution is -2.52. The summed E-state index contributed by atoms with van der Waals surface area (Å²) in [6.07, 6.45) is 5.45. The summed E-state index contributed by atoms with van der Waals surface area (Å²) in [4.78, 5) is 22.3. The Morgan fingerprint density at radius 2 is 1.78 bits per heavy atom. The van der Waals surface area contributed by atoms with E-state index >= 15 is 0 Å². The number of hydrogen-bond donors (Lipinski definition) is 1. The quantitative estimate of drug-likeness (QED) is 0.533. The Morgan fingerprint density at radius 3 is 2.47 bits per heavy atom. The number of hydrogen-bond acceptors (Lipinski definition) is 4. The predicted molar refractivity (Wildman–Crippen MR) is 139 cm³/mol. The maximum Gasteiger partial charge on any atom is 0.226 e. The normalized spacial score (nSPS) is 25.7. The number of rotatable bonds is 7. The number of aryl methyl sites for hydroxylation is 1. The molecule has 1 aromatic heterocycles. The Kier molecular flexibility index (Phi) is 6.30. The highest BCUT2D eigenvalue weighted by Gasteiger charge is 2.42. The number of benzene rings is 2. The molecule has 3 aliphatic heterocycles. The molecule has 1 N–H and O–H groups in total. The number of likely N-dealkylation sites (tertiary alicyclic amines) is 1. The molecular weight excluding hydrogens is 453 g/mol. The van der Waals surface area contributed by atoms with Crippen molar-refractivity contribution < 1.29 is 9.18 Å². The van der Waals surface area contributed by atoms with Gasteiger partial charge in [0.1, 0.15) is 11.3 Å². The zero-order chi connectivity index (χ0) is 24.8. The molecule has 0 saturated carbocycles. The van der Waals surface area contributed by atoms with Crippen LogP contribution in [0.4, 0.5) is 4.39 Å². The summed E-state index contributed by atoms with van der Waals surface area (Å²) in [6, 6.07) is 17.1. The Hall–Kier alpha value is -2.77. The lowest BCUT2D eigenvalue weighted by atomic mass is 9.94. The minimum atomic E-state index is -0.239. The van der Waals surface area contributed by atoms with Crippen LogP contribution in [0.1, 0.15) is 55.6 Å². The number of nitrogens with zero attached hydrogens (tertiary/aromatic N) is 4. The third-order valence-corrected chi connectivity index (χ3v) is 8.70. The monoisotopic (exact) mass is 489 g/mol. The Morgan fingerprint density at radius 1 is 1.06 bits per heavy atom. The van der Waals surface area contributed by atoms with Crippen molar-refractivity contribution in [3.05, 3.63) is 65.7 Å². The van der Waals surface area contributed by atoms with Crippen LogP contribution in [0.2, 0.25) is 0 Å². The second-order valence-electron chi connectivity index (χ2n) is 11.1. The molecule has 1 amide bonds. The smallest absolute Gasteiger partial charge is 0.226 e. The standard InChI is InChI=1S/C29H36FN5O/c1-19-31-28-25(30)9-6-10-27(28)35(19)24-15-22-11-12-23(16-24)34(22)14-13-26(20-7-4-3-5-8-20)32-29(36)21-17-33(2)18-21/h3-10,21-24,26H,11-18H2,1-2H3,(H,32,36)/t22?,23?,24?,26-/m0/s1. The largest absolute Gasteiger partial charge is 0.349 e. The number of piperidine rings is 1. The van der Waals surface area contributed by atoms with Gasteiger partial charge < -0.3 is 14.8 Å². The summed E-state index contributed by atoms with van der Waals surface area (Å²) in [7, 11) is 2.06. The molecule has 2 bridgehead atoms. The molecule has 2 unspecified atom stereocenters. The SMILES string of the molecule is Cc1nc2c(F)cccc2n1C1CC2CCC(C1)N2CC[C@H](NC(=O)C1CN(C)C1)c1ccccc1. The van der Waals surface area contributed by atoms with Gasteiger partial charge in [-0.1, -0.05) is 36.4 Å². The van der Waals surface area contributed by atoms with Gasteiger partial charge in [0.05, 0.1) is 17.5 Å². The Labute approximate surface area is 212 Å². The molecule has 3 aliphatic rings. The van der Waals surface area contributed by atoms with E-state index in [4.69, 9.17) is 0 Å². The molecule has 190 valence electrons. The van der Waals surface area contributed by atoms with Crippen molar-refractivity contribution >= 4 is 16.9 Å². The molecule has 36 heavy (non-hydrogen) atoms. The Bertz CT molecular complexity index is 1220. The fraction of sp³-hybridized carbons (Fsp3) is 0.517. The predicted octanol–water partition coefficient (Wildman–Crippen LogP) is 4.46. The van der Waals surface area contributed by atoms with Crippen LogP contribution in [-0.2, 0) is 4.79 Å². The van der Waals surface area contributed by atoms with Crippen molar-refractivity contribution in [3.8, 4) is 0 Å². The van der Waals surface area contributed by atoms with Gasteiger partial charge in [-0.05, 0) is 63.8 Å². The molecule has 3 fully saturated rings. The van der Waals surface area contributed by atoms with Gasteiger partial charge in [-0.25, -0.2) is 9.37 Å². The van der Waals surface area contributed by atoms with E-state index in [2.05, 4.69) is 56.0 Å². The van der Waals surface area contributed by atoms with E-state index in [1.807, 2.05) is 19.1 Å². The van der Waals surface area contributed by atoms with Gasteiger partial charge in [0.15, 0.2) is 5.82 Å². The zero-order valence-electron chi connectivity index (χ0n) is 21.2. The Balaban J connectivity index is 1.15. The molecule has 2 aromatic carbocycles. The molecule has 0 radical (unpaired) electrons. The molecular formula is C29H36FN5O. The minimum Gasteiger partial charge on any atom is -0.349 e. The number of fused-ring (bicyclic) bond motifs is 3. The van der Waals surface area contributed by atoms with E-state index < -0.39 is 0 Å². The maximum atomic E-state index is 14.4. The van der Waals surface area contributed by atoms with Crippen LogP contribution in [0.25, 0.3) is 11.0 Å². The van der Waals surface area contributed by atoms with Crippen molar-refractivity contribution in [1.29, 1.82) is 0 Å². The van der Waals surface area contributed by atoms with Gasteiger partial charge in [0.25, 0.3) is 0 Å². The number of carbonyl (C=O) groups excluding carboxylic acids is 1. The highest BCUT2D eigenvalue weighted by molar-refractivity contribution is 5.80. The fourth-order valence-electron chi connectivity index (χ4n) is 6.92. The average Bonchev–Trinajstić information content (AvgIpc) is 3.32. The molecule has 0 aliphatic carbocycles. The highest BCUT2D eigenvalue weighted by atomic mass is 19.1.